The van der Waals surface area contributed by atoms with Gasteiger partial charge in [0.25, 0.3) is 5.92 Å². The van der Waals surface area contributed by atoms with Crippen LogP contribution in [0.2, 0.25) is 0 Å². The van der Waals surface area contributed by atoms with Crippen LogP contribution in [0.5, 0.6) is 0 Å². The van der Waals surface area contributed by atoms with Crippen molar-refractivity contribution >= 4 is 0 Å². The molecule has 1 heterocycles. The van der Waals surface area contributed by atoms with Crippen molar-refractivity contribution < 1.29 is 8.78 Å². The van der Waals surface area contributed by atoms with Gasteiger partial charge in [-0.25, -0.2) is 8.78 Å². The molecular weight excluding hydrogens is 256 g/mol. The second kappa shape index (κ2) is 4.52. The topological polar surface area (TPSA) is 3.24 Å². The average molecular weight is 279 g/mol. The van der Waals surface area contributed by atoms with Crippen LogP contribution < -0.4 is 0 Å². The molecule has 1 saturated carbocycles. The van der Waals surface area contributed by atoms with Crippen molar-refractivity contribution in [3.05, 3.63) is 35.4 Å². The van der Waals surface area contributed by atoms with E-state index in [9.17, 15) is 8.78 Å². The maximum atomic E-state index is 14.0. The highest BCUT2D eigenvalue weighted by Crippen LogP contribution is 2.49. The third-order valence-electron chi connectivity index (χ3n) is 4.50. The quantitative estimate of drug-likeness (QED) is 0.755. The lowest BCUT2D eigenvalue weighted by atomic mass is 9.93. The van der Waals surface area contributed by atoms with Gasteiger partial charge in [-0.15, -0.1) is 0 Å². The highest BCUT2D eigenvalue weighted by molar-refractivity contribution is 5.36. The average Bonchev–Trinajstić information content (AvgIpc) is 3.12. The summed E-state index contributed by atoms with van der Waals surface area (Å²) in [6, 6.07) is 8.05. The van der Waals surface area contributed by atoms with Crippen molar-refractivity contribution in [1.29, 1.82) is 0 Å². The summed E-state index contributed by atoms with van der Waals surface area (Å²) >= 11 is 0. The van der Waals surface area contributed by atoms with Crippen molar-refractivity contribution in [2.45, 2.75) is 63.5 Å². The summed E-state index contributed by atoms with van der Waals surface area (Å²) in [7, 11) is 0. The van der Waals surface area contributed by atoms with E-state index in [2.05, 4.69) is 12.1 Å². The number of benzene rings is 1. The van der Waals surface area contributed by atoms with E-state index in [1.165, 1.54) is 18.4 Å². The molecule has 1 aliphatic carbocycles. The SMILES string of the molecule is CC(C)(C)N1CC(F)(F)CC1c1ccccc1C1CC1. The second-order valence-electron chi connectivity index (χ2n) is 7.28. The number of rotatable bonds is 2. The lowest BCUT2D eigenvalue weighted by Crippen LogP contribution is -2.42. The molecule has 3 heteroatoms. The monoisotopic (exact) mass is 279 g/mol. The van der Waals surface area contributed by atoms with Crippen LogP contribution in [0.15, 0.2) is 24.3 Å². The zero-order valence-corrected chi connectivity index (χ0v) is 12.5. The van der Waals surface area contributed by atoms with Crippen LogP contribution in [0.25, 0.3) is 0 Å². The van der Waals surface area contributed by atoms with Crippen molar-refractivity contribution in [2.75, 3.05) is 6.54 Å². The van der Waals surface area contributed by atoms with Crippen LogP contribution in [0.4, 0.5) is 8.78 Å². The molecule has 0 spiro atoms. The van der Waals surface area contributed by atoms with Crippen LogP contribution in [0, 0.1) is 0 Å². The first kappa shape index (κ1) is 14.0. The fourth-order valence-corrected chi connectivity index (χ4v) is 3.38. The van der Waals surface area contributed by atoms with Crippen molar-refractivity contribution in [1.82, 2.24) is 4.90 Å². The van der Waals surface area contributed by atoms with Crippen LogP contribution in [0.3, 0.4) is 0 Å². The number of nitrogens with zero attached hydrogens (tertiary/aromatic N) is 1. The highest BCUT2D eigenvalue weighted by Gasteiger charge is 2.49. The molecule has 110 valence electrons. The molecule has 1 aromatic carbocycles. The van der Waals surface area contributed by atoms with E-state index in [4.69, 9.17) is 0 Å². The predicted octanol–water partition coefficient (Wildman–Crippen LogP) is 4.74. The van der Waals surface area contributed by atoms with E-state index in [0.717, 1.165) is 5.56 Å². The van der Waals surface area contributed by atoms with Gasteiger partial charge in [-0.05, 0) is 50.7 Å². The third kappa shape index (κ3) is 2.60. The number of halogens is 2. The van der Waals surface area contributed by atoms with Gasteiger partial charge < -0.3 is 0 Å². The first-order chi connectivity index (χ1) is 9.28. The molecule has 1 aliphatic heterocycles. The minimum Gasteiger partial charge on any atom is -0.285 e. The van der Waals surface area contributed by atoms with E-state index >= 15 is 0 Å². The van der Waals surface area contributed by atoms with E-state index in [-0.39, 0.29) is 24.5 Å². The molecule has 0 aromatic heterocycles. The number of likely N-dealkylation sites (tertiary alicyclic amines) is 1. The van der Waals surface area contributed by atoms with Crippen LogP contribution in [0.1, 0.15) is 63.1 Å². The van der Waals surface area contributed by atoms with Gasteiger partial charge in [-0.1, -0.05) is 24.3 Å². The van der Waals surface area contributed by atoms with Gasteiger partial charge in [-0.3, -0.25) is 4.90 Å². The largest absolute Gasteiger partial charge is 0.285 e. The third-order valence-corrected chi connectivity index (χ3v) is 4.50. The van der Waals surface area contributed by atoms with Crippen LogP contribution >= 0.6 is 0 Å². The molecule has 0 bridgehead atoms. The van der Waals surface area contributed by atoms with Gasteiger partial charge >= 0.3 is 0 Å². The van der Waals surface area contributed by atoms with E-state index < -0.39 is 5.92 Å². The Morgan fingerprint density at radius 2 is 1.70 bits per heavy atom. The Kier molecular flexibility index (Phi) is 3.16. The molecule has 1 nitrogen and oxygen atoms in total. The Morgan fingerprint density at radius 3 is 2.25 bits per heavy atom. The second-order valence-corrected chi connectivity index (χ2v) is 7.28. The summed E-state index contributed by atoms with van der Waals surface area (Å²) in [5.74, 6) is -1.98. The lowest BCUT2D eigenvalue weighted by Gasteiger charge is -2.37. The molecule has 1 aromatic rings. The molecule has 0 amide bonds. The summed E-state index contributed by atoms with van der Waals surface area (Å²) in [6.45, 7) is 5.96. The summed E-state index contributed by atoms with van der Waals surface area (Å²) in [6.07, 6.45) is 2.36. The fraction of sp³-hybridized carbons (Fsp3) is 0.647. The number of hydrogen-bond donors (Lipinski definition) is 0. The Morgan fingerprint density at radius 1 is 1.10 bits per heavy atom. The summed E-state index contributed by atoms with van der Waals surface area (Å²) in [4.78, 5) is 1.98. The van der Waals surface area contributed by atoms with Gasteiger partial charge in [0.1, 0.15) is 0 Å². The summed E-state index contributed by atoms with van der Waals surface area (Å²) in [5, 5.41) is 0. The van der Waals surface area contributed by atoms with E-state index in [1.807, 2.05) is 37.8 Å². The first-order valence-electron chi connectivity index (χ1n) is 7.51. The number of hydrogen-bond acceptors (Lipinski definition) is 1. The summed E-state index contributed by atoms with van der Waals surface area (Å²) in [5.41, 5.74) is 2.19. The minimum atomic E-state index is -2.57. The van der Waals surface area contributed by atoms with Crippen molar-refractivity contribution in [3.8, 4) is 0 Å². The number of alkyl halides is 2. The van der Waals surface area contributed by atoms with E-state index in [0.29, 0.717) is 5.92 Å². The molecule has 2 aliphatic rings. The molecule has 2 fully saturated rings. The molecule has 20 heavy (non-hydrogen) atoms. The molecule has 3 rings (SSSR count). The highest BCUT2D eigenvalue weighted by atomic mass is 19.3. The van der Waals surface area contributed by atoms with Crippen molar-refractivity contribution in [2.24, 2.45) is 0 Å². The maximum Gasteiger partial charge on any atom is 0.262 e. The molecule has 1 saturated heterocycles. The first-order valence-corrected chi connectivity index (χ1v) is 7.51. The van der Waals surface area contributed by atoms with Crippen LogP contribution in [-0.2, 0) is 0 Å². The molecule has 1 atom stereocenters. The lowest BCUT2D eigenvalue weighted by molar-refractivity contribution is 0.00136. The van der Waals surface area contributed by atoms with Gasteiger partial charge in [-0.2, -0.15) is 0 Å². The Hall–Kier alpha value is -0.960. The standard InChI is InChI=1S/C17H23F2N/c1-16(2,3)20-11-17(18,19)10-15(20)14-7-5-4-6-13(14)12-8-9-12/h4-7,12,15H,8-11H2,1-3H3. The van der Waals surface area contributed by atoms with Gasteiger partial charge in [0.2, 0.25) is 0 Å². The van der Waals surface area contributed by atoms with Gasteiger partial charge in [0, 0.05) is 18.0 Å². The molecule has 1 unspecified atom stereocenters. The minimum absolute atomic E-state index is 0.0476. The molecule has 0 radical (unpaired) electrons. The molecule has 0 N–H and O–H groups in total. The van der Waals surface area contributed by atoms with Crippen LogP contribution in [-0.4, -0.2) is 22.9 Å². The predicted molar refractivity (Wildman–Crippen MR) is 77.2 cm³/mol. The molecular formula is C17H23F2N. The zero-order chi connectivity index (χ0) is 14.5. The normalized spacial score (nSPS) is 26.9. The van der Waals surface area contributed by atoms with Gasteiger partial charge in [0.15, 0.2) is 0 Å². The maximum absolute atomic E-state index is 14.0. The Labute approximate surface area is 120 Å². The summed E-state index contributed by atoms with van der Waals surface area (Å²) < 4.78 is 27.9. The Bertz CT molecular complexity index is 500. The Balaban J connectivity index is 1.99. The van der Waals surface area contributed by atoms with Crippen molar-refractivity contribution in [3.63, 3.8) is 0 Å². The zero-order valence-electron chi connectivity index (χ0n) is 12.5. The van der Waals surface area contributed by atoms with Gasteiger partial charge in [0.05, 0.1) is 6.54 Å². The smallest absolute Gasteiger partial charge is 0.262 e. The fourth-order valence-electron chi connectivity index (χ4n) is 3.38. The van der Waals surface area contributed by atoms with E-state index in [1.54, 1.807) is 0 Å².